The Labute approximate surface area is 80.9 Å². The number of rotatable bonds is 6. The molecule has 13 heavy (non-hydrogen) atoms. The van der Waals surface area contributed by atoms with Crippen LogP contribution in [0.5, 0.6) is 0 Å². The van der Waals surface area contributed by atoms with Crippen molar-refractivity contribution < 1.29 is 9.84 Å². The van der Waals surface area contributed by atoms with Gasteiger partial charge in [0, 0.05) is 6.54 Å². The van der Waals surface area contributed by atoms with E-state index in [1.165, 1.54) is 0 Å². The Morgan fingerprint density at radius 1 is 1.31 bits per heavy atom. The predicted molar refractivity (Wildman–Crippen MR) is 53.4 cm³/mol. The van der Waals surface area contributed by atoms with Crippen molar-refractivity contribution in [1.82, 2.24) is 10.2 Å². The van der Waals surface area contributed by atoms with Crippen LogP contribution in [0, 0.1) is 0 Å². The summed E-state index contributed by atoms with van der Waals surface area (Å²) in [5, 5.41) is 11.9. The Morgan fingerprint density at radius 3 is 2.23 bits per heavy atom. The Kier molecular flexibility index (Phi) is 6.24. The van der Waals surface area contributed by atoms with Gasteiger partial charge in [-0.15, -0.1) is 0 Å². The molecule has 0 aliphatic carbocycles. The van der Waals surface area contributed by atoms with Crippen molar-refractivity contribution in [2.24, 2.45) is 0 Å². The number of hydrogen-bond donors (Lipinski definition) is 2. The van der Waals surface area contributed by atoms with Crippen molar-refractivity contribution in [3.05, 3.63) is 0 Å². The normalized spacial score (nSPS) is 18.7. The van der Waals surface area contributed by atoms with E-state index in [1.807, 2.05) is 32.8 Å². The summed E-state index contributed by atoms with van der Waals surface area (Å²) in [6, 6.07) is 0. The zero-order valence-corrected chi connectivity index (χ0v) is 9.24. The van der Waals surface area contributed by atoms with E-state index in [0.29, 0.717) is 6.54 Å². The van der Waals surface area contributed by atoms with Crippen LogP contribution in [0.4, 0.5) is 0 Å². The Bertz CT molecular complexity index is 129. The van der Waals surface area contributed by atoms with Gasteiger partial charge in [-0.2, -0.15) is 0 Å². The Morgan fingerprint density at radius 2 is 1.85 bits per heavy atom. The number of nitrogens with one attached hydrogen (secondary N) is 1. The zero-order valence-electron chi connectivity index (χ0n) is 9.24. The number of aliphatic hydroxyl groups is 1. The van der Waals surface area contributed by atoms with Gasteiger partial charge < -0.3 is 9.84 Å². The molecule has 0 bridgehead atoms. The van der Waals surface area contributed by atoms with Crippen molar-refractivity contribution in [2.45, 2.75) is 39.3 Å². The van der Waals surface area contributed by atoms with Gasteiger partial charge in [-0.05, 0) is 34.9 Å². The molecular weight excluding hydrogens is 168 g/mol. The number of hydrogen-bond acceptors (Lipinski definition) is 4. The zero-order chi connectivity index (χ0) is 10.4. The lowest BCUT2D eigenvalue weighted by Crippen LogP contribution is -2.38. The maximum absolute atomic E-state index is 8.97. The van der Waals surface area contributed by atoms with Gasteiger partial charge in [0.15, 0.2) is 0 Å². The van der Waals surface area contributed by atoms with Gasteiger partial charge in [0.25, 0.3) is 0 Å². The first-order valence-electron chi connectivity index (χ1n) is 4.66. The van der Waals surface area contributed by atoms with E-state index in [2.05, 4.69) is 5.32 Å². The maximum atomic E-state index is 8.97. The SMILES string of the molecule is CC(O)NCC(C)OC(C)N(C)C. The highest BCUT2D eigenvalue weighted by Gasteiger charge is 2.10. The lowest BCUT2D eigenvalue weighted by atomic mass is 10.4. The standard InChI is InChI=1S/C9H22N2O2/c1-7(6-10-8(2)12)13-9(3)11(4)5/h7-10,12H,6H2,1-5H3. The average Bonchev–Trinajstić information content (AvgIpc) is 2.00. The molecule has 3 atom stereocenters. The third-order valence-corrected chi connectivity index (χ3v) is 1.86. The van der Waals surface area contributed by atoms with E-state index in [0.717, 1.165) is 0 Å². The summed E-state index contributed by atoms with van der Waals surface area (Å²) in [5.41, 5.74) is 0. The van der Waals surface area contributed by atoms with Crippen molar-refractivity contribution >= 4 is 0 Å². The van der Waals surface area contributed by atoms with Crippen molar-refractivity contribution in [2.75, 3.05) is 20.6 Å². The van der Waals surface area contributed by atoms with E-state index in [-0.39, 0.29) is 12.3 Å². The van der Waals surface area contributed by atoms with Gasteiger partial charge in [0.05, 0.1) is 6.10 Å². The molecule has 0 aliphatic heterocycles. The minimum atomic E-state index is -0.472. The highest BCUT2D eigenvalue weighted by atomic mass is 16.5. The molecule has 4 nitrogen and oxygen atoms in total. The molecule has 0 saturated heterocycles. The van der Waals surface area contributed by atoms with Crippen LogP contribution >= 0.6 is 0 Å². The van der Waals surface area contributed by atoms with Gasteiger partial charge >= 0.3 is 0 Å². The molecule has 0 aromatic heterocycles. The van der Waals surface area contributed by atoms with Crippen LogP contribution in [0.25, 0.3) is 0 Å². The molecule has 0 aromatic carbocycles. The third-order valence-electron chi connectivity index (χ3n) is 1.86. The second kappa shape index (κ2) is 6.32. The quantitative estimate of drug-likeness (QED) is 0.588. The molecule has 0 saturated carbocycles. The molecule has 0 heterocycles. The van der Waals surface area contributed by atoms with Gasteiger partial charge in [-0.3, -0.25) is 10.2 Å². The van der Waals surface area contributed by atoms with E-state index >= 15 is 0 Å². The lowest BCUT2D eigenvalue weighted by Gasteiger charge is -2.25. The number of ether oxygens (including phenoxy) is 1. The third kappa shape index (κ3) is 6.95. The minimum absolute atomic E-state index is 0.103. The average molecular weight is 190 g/mol. The van der Waals surface area contributed by atoms with Crippen LogP contribution in [0.15, 0.2) is 0 Å². The van der Waals surface area contributed by atoms with E-state index in [4.69, 9.17) is 9.84 Å². The van der Waals surface area contributed by atoms with Crippen molar-refractivity contribution in [1.29, 1.82) is 0 Å². The fraction of sp³-hybridized carbons (Fsp3) is 1.00. The topological polar surface area (TPSA) is 44.7 Å². The van der Waals surface area contributed by atoms with Crippen LogP contribution in [0.1, 0.15) is 20.8 Å². The van der Waals surface area contributed by atoms with Crippen molar-refractivity contribution in [3.63, 3.8) is 0 Å². The maximum Gasteiger partial charge on any atom is 0.107 e. The molecule has 0 rings (SSSR count). The smallest absolute Gasteiger partial charge is 0.107 e. The second-order valence-corrected chi connectivity index (χ2v) is 3.59. The summed E-state index contributed by atoms with van der Waals surface area (Å²) in [4.78, 5) is 2.00. The van der Waals surface area contributed by atoms with Gasteiger partial charge in [0.1, 0.15) is 12.5 Å². The Balaban J connectivity index is 3.55. The van der Waals surface area contributed by atoms with E-state index in [9.17, 15) is 0 Å². The van der Waals surface area contributed by atoms with Gasteiger partial charge in [0.2, 0.25) is 0 Å². The fourth-order valence-electron chi connectivity index (χ4n) is 0.843. The predicted octanol–water partition coefficient (Wildman–Crippen LogP) is 0.227. The Hall–Kier alpha value is -0.160. The molecule has 4 heteroatoms. The number of aliphatic hydroxyl groups excluding tert-OH is 1. The van der Waals surface area contributed by atoms with E-state index < -0.39 is 6.23 Å². The first-order chi connectivity index (χ1) is 5.93. The van der Waals surface area contributed by atoms with Gasteiger partial charge in [-0.25, -0.2) is 0 Å². The van der Waals surface area contributed by atoms with Gasteiger partial charge in [-0.1, -0.05) is 0 Å². The summed E-state index contributed by atoms with van der Waals surface area (Å²) in [5.74, 6) is 0. The van der Waals surface area contributed by atoms with Crippen LogP contribution in [0.2, 0.25) is 0 Å². The molecular formula is C9H22N2O2. The van der Waals surface area contributed by atoms with Crippen LogP contribution in [-0.4, -0.2) is 49.2 Å². The largest absolute Gasteiger partial charge is 0.379 e. The summed E-state index contributed by atoms with van der Waals surface area (Å²) >= 11 is 0. The first kappa shape index (κ1) is 12.8. The minimum Gasteiger partial charge on any atom is -0.379 e. The summed E-state index contributed by atoms with van der Waals surface area (Å²) in [6.45, 7) is 6.34. The van der Waals surface area contributed by atoms with Crippen LogP contribution in [-0.2, 0) is 4.74 Å². The van der Waals surface area contributed by atoms with Crippen molar-refractivity contribution in [3.8, 4) is 0 Å². The highest BCUT2D eigenvalue weighted by molar-refractivity contribution is 4.57. The summed E-state index contributed by atoms with van der Waals surface area (Å²) in [7, 11) is 3.94. The molecule has 80 valence electrons. The molecule has 0 spiro atoms. The monoisotopic (exact) mass is 190 g/mol. The first-order valence-corrected chi connectivity index (χ1v) is 4.66. The highest BCUT2D eigenvalue weighted by Crippen LogP contribution is 1.99. The number of nitrogens with zero attached hydrogens (tertiary/aromatic N) is 1. The summed E-state index contributed by atoms with van der Waals surface area (Å²) in [6.07, 6.45) is -0.265. The molecule has 0 aromatic rings. The molecule has 0 fully saturated rings. The molecule has 3 unspecified atom stereocenters. The van der Waals surface area contributed by atoms with Crippen LogP contribution < -0.4 is 5.32 Å². The molecule has 0 radical (unpaired) electrons. The summed E-state index contributed by atoms with van der Waals surface area (Å²) < 4.78 is 5.61. The molecule has 0 aliphatic rings. The molecule has 2 N–H and O–H groups in total. The van der Waals surface area contributed by atoms with E-state index in [1.54, 1.807) is 6.92 Å². The van der Waals surface area contributed by atoms with Crippen LogP contribution in [0.3, 0.4) is 0 Å². The fourth-order valence-corrected chi connectivity index (χ4v) is 0.843. The second-order valence-electron chi connectivity index (χ2n) is 3.59. The molecule has 0 amide bonds. The lowest BCUT2D eigenvalue weighted by molar-refractivity contribution is -0.0655.